The molecule has 6 aromatic rings. The van der Waals surface area contributed by atoms with Gasteiger partial charge in [-0.3, -0.25) is 0 Å². The average molecular weight is 773 g/mol. The van der Waals surface area contributed by atoms with Gasteiger partial charge in [-0.15, -0.1) is 0 Å². The second-order valence-electron chi connectivity index (χ2n) is 17.0. The van der Waals surface area contributed by atoms with Crippen LogP contribution in [0.2, 0.25) is 0 Å². The summed E-state index contributed by atoms with van der Waals surface area (Å²) < 4.78 is 12.8. The van der Waals surface area contributed by atoms with Gasteiger partial charge in [0.05, 0.1) is 35.6 Å². The van der Waals surface area contributed by atoms with E-state index >= 15 is 0 Å². The topological polar surface area (TPSA) is 50.0 Å². The Morgan fingerprint density at radius 1 is 0.621 bits per heavy atom. The van der Waals surface area contributed by atoms with Gasteiger partial charge in [-0.2, -0.15) is 0 Å². The molecule has 2 unspecified atom stereocenters. The van der Waals surface area contributed by atoms with E-state index in [1.165, 1.54) is 66.6 Å². The first-order valence-electron chi connectivity index (χ1n) is 22.1. The molecule has 2 aromatic heterocycles. The maximum absolute atomic E-state index is 6.41. The zero-order valence-corrected chi connectivity index (χ0v) is 36.3. The summed E-state index contributed by atoms with van der Waals surface area (Å²) in [6.07, 6.45) is 12.8. The molecule has 58 heavy (non-hydrogen) atoms. The first-order valence-corrected chi connectivity index (χ1v) is 22.1. The molecule has 302 valence electrons. The van der Waals surface area contributed by atoms with E-state index in [4.69, 9.17) is 9.47 Å². The number of fused-ring (bicyclic) bond motifs is 6. The van der Waals surface area contributed by atoms with Gasteiger partial charge in [0.2, 0.25) is 0 Å². The van der Waals surface area contributed by atoms with Crippen LogP contribution in [0.1, 0.15) is 162 Å². The summed E-state index contributed by atoms with van der Waals surface area (Å²) in [6.45, 7) is 19.7. The van der Waals surface area contributed by atoms with Crippen LogP contribution in [0.25, 0.3) is 34.0 Å². The predicted molar refractivity (Wildman–Crippen MR) is 246 cm³/mol. The van der Waals surface area contributed by atoms with Crippen LogP contribution in [-0.2, 0) is 33.5 Å². The van der Waals surface area contributed by atoms with Gasteiger partial charge in [0.15, 0.2) is 0 Å². The first kappa shape index (κ1) is 41.3. The van der Waals surface area contributed by atoms with Crippen LogP contribution in [0.3, 0.4) is 0 Å². The van der Waals surface area contributed by atoms with Gasteiger partial charge in [-0.05, 0) is 120 Å². The molecule has 0 saturated heterocycles. The van der Waals surface area contributed by atoms with Crippen molar-refractivity contribution in [2.75, 3.05) is 13.2 Å². The van der Waals surface area contributed by atoms with E-state index in [1.807, 2.05) is 18.2 Å². The summed E-state index contributed by atoms with van der Waals surface area (Å²) in [5.74, 6) is 7.79. The van der Waals surface area contributed by atoms with Crippen LogP contribution in [0.15, 0.2) is 84.9 Å². The second kappa shape index (κ2) is 18.0. The summed E-state index contributed by atoms with van der Waals surface area (Å²) in [5.41, 5.74) is 15.0. The van der Waals surface area contributed by atoms with E-state index in [9.17, 15) is 0 Å². The number of H-pyrrole nitrogens is 2. The summed E-state index contributed by atoms with van der Waals surface area (Å²) in [5, 5.41) is 2.72. The number of benzene rings is 4. The molecule has 4 aromatic carbocycles. The molecular formula is C54H64N2O2. The third kappa shape index (κ3) is 8.22. The fourth-order valence-corrected chi connectivity index (χ4v) is 9.33. The van der Waals surface area contributed by atoms with Crippen molar-refractivity contribution in [2.24, 2.45) is 0 Å². The second-order valence-corrected chi connectivity index (χ2v) is 17.0. The molecule has 0 aliphatic carbocycles. The Bertz CT molecular complexity index is 2420. The summed E-state index contributed by atoms with van der Waals surface area (Å²) in [4.78, 5) is 7.62. The number of hydrogen-bond donors (Lipinski definition) is 2. The Labute approximate surface area is 347 Å². The Kier molecular flexibility index (Phi) is 12.8. The van der Waals surface area contributed by atoms with Gasteiger partial charge < -0.3 is 19.4 Å². The summed E-state index contributed by atoms with van der Waals surface area (Å²) in [7, 11) is 0. The van der Waals surface area contributed by atoms with E-state index < -0.39 is 0 Å². The third-order valence-electron chi connectivity index (χ3n) is 12.6. The molecule has 0 spiro atoms. The standard InChI is InChI=1S/C27H33NO.C27H31NO/c2*1-5-15-27(6-2)26-23(14-16-29-27)24-18-22(19(3)4)17-21(25(24)28-26)13-12-20-10-8-7-9-11-20/h7-13,17-19,28H,5-6,14-16H2,1-4H3;7-11,17-19,28H,5-6,14-16H2,1-4H3/b13-12+;. The number of aromatic amines is 2. The van der Waals surface area contributed by atoms with Crippen molar-refractivity contribution in [2.45, 2.75) is 130 Å². The molecule has 0 bridgehead atoms. The van der Waals surface area contributed by atoms with Crippen molar-refractivity contribution < 1.29 is 9.47 Å². The van der Waals surface area contributed by atoms with Crippen molar-refractivity contribution in [1.29, 1.82) is 0 Å². The fourth-order valence-electron chi connectivity index (χ4n) is 9.33. The molecule has 0 saturated carbocycles. The van der Waals surface area contributed by atoms with Crippen molar-refractivity contribution in [3.63, 3.8) is 0 Å². The number of rotatable bonds is 10. The van der Waals surface area contributed by atoms with Crippen LogP contribution in [0.4, 0.5) is 0 Å². The lowest BCUT2D eigenvalue weighted by molar-refractivity contribution is -0.0725. The van der Waals surface area contributed by atoms with Crippen molar-refractivity contribution in [1.82, 2.24) is 9.97 Å². The van der Waals surface area contributed by atoms with E-state index in [-0.39, 0.29) is 11.2 Å². The summed E-state index contributed by atoms with van der Waals surface area (Å²) in [6, 6.07) is 30.2. The van der Waals surface area contributed by atoms with Gasteiger partial charge in [0.25, 0.3) is 0 Å². The zero-order valence-electron chi connectivity index (χ0n) is 36.3. The number of nitrogens with one attached hydrogen (secondary N) is 2. The van der Waals surface area contributed by atoms with E-state index in [0.29, 0.717) is 11.8 Å². The molecule has 2 aliphatic rings. The van der Waals surface area contributed by atoms with Gasteiger partial charge in [0, 0.05) is 21.9 Å². The van der Waals surface area contributed by atoms with E-state index in [2.05, 4.69) is 156 Å². The number of hydrogen-bond acceptors (Lipinski definition) is 2. The van der Waals surface area contributed by atoms with Crippen molar-refractivity contribution in [3.8, 4) is 11.8 Å². The lowest BCUT2D eigenvalue weighted by Gasteiger charge is -2.36. The molecule has 0 fully saturated rings. The van der Waals surface area contributed by atoms with Crippen molar-refractivity contribution in [3.05, 3.63) is 141 Å². The minimum Gasteiger partial charge on any atom is -0.368 e. The van der Waals surface area contributed by atoms with Crippen molar-refractivity contribution >= 4 is 34.0 Å². The Balaban J connectivity index is 0.000000177. The molecule has 4 nitrogen and oxygen atoms in total. The normalized spacial score (nSPS) is 18.9. The van der Waals surface area contributed by atoms with E-state index in [0.717, 1.165) is 75.7 Å². The number of ether oxygens (including phenoxy) is 2. The molecule has 4 heteroatoms. The molecular weight excluding hydrogens is 709 g/mol. The highest BCUT2D eigenvalue weighted by Gasteiger charge is 2.39. The molecule has 0 radical (unpaired) electrons. The van der Waals surface area contributed by atoms with Crippen LogP contribution in [0.5, 0.6) is 0 Å². The maximum Gasteiger partial charge on any atom is 0.108 e. The van der Waals surface area contributed by atoms with Gasteiger partial charge in [-0.1, -0.05) is 141 Å². The summed E-state index contributed by atoms with van der Waals surface area (Å²) >= 11 is 0. The Morgan fingerprint density at radius 3 is 1.67 bits per heavy atom. The average Bonchev–Trinajstić information content (AvgIpc) is 3.83. The fraction of sp³-hybridized carbons (Fsp3) is 0.407. The van der Waals surface area contributed by atoms with Gasteiger partial charge in [-0.25, -0.2) is 0 Å². The van der Waals surface area contributed by atoms with Crippen LogP contribution in [0, 0.1) is 11.8 Å². The third-order valence-corrected chi connectivity index (χ3v) is 12.6. The Morgan fingerprint density at radius 2 is 1.14 bits per heavy atom. The van der Waals surface area contributed by atoms with Gasteiger partial charge in [0.1, 0.15) is 11.2 Å². The predicted octanol–water partition coefficient (Wildman–Crippen LogP) is 14.1. The molecule has 0 amide bonds. The molecule has 2 atom stereocenters. The highest BCUT2D eigenvalue weighted by atomic mass is 16.5. The smallest absolute Gasteiger partial charge is 0.108 e. The Hall–Kier alpha value is -4.82. The molecule has 2 N–H and O–H groups in total. The van der Waals surface area contributed by atoms with E-state index in [1.54, 1.807) is 0 Å². The molecule has 2 aliphatic heterocycles. The lowest BCUT2D eigenvalue weighted by atomic mass is 9.85. The largest absolute Gasteiger partial charge is 0.368 e. The maximum atomic E-state index is 6.41. The molecule has 8 rings (SSSR count). The minimum atomic E-state index is -0.191. The lowest BCUT2D eigenvalue weighted by Crippen LogP contribution is -2.35. The van der Waals surface area contributed by atoms with Gasteiger partial charge >= 0.3 is 0 Å². The van der Waals surface area contributed by atoms with Crippen LogP contribution >= 0.6 is 0 Å². The number of aromatic nitrogens is 2. The van der Waals surface area contributed by atoms with Crippen LogP contribution < -0.4 is 0 Å². The first-order chi connectivity index (χ1) is 28.2. The quantitative estimate of drug-likeness (QED) is 0.108. The van der Waals surface area contributed by atoms with Crippen LogP contribution in [-0.4, -0.2) is 23.2 Å². The highest BCUT2D eigenvalue weighted by molar-refractivity contribution is 5.95. The zero-order chi connectivity index (χ0) is 40.9. The monoisotopic (exact) mass is 772 g/mol. The minimum absolute atomic E-state index is 0.167. The SMILES string of the molecule is CCCC1(CC)OCCc2c1[nH]c1c(/C=C/c3ccccc3)cc(C(C)C)cc21.CCCC1(CC)OCCc2c1[nH]c1c(C#Cc3ccccc3)cc(C(C)C)cc21. The molecule has 4 heterocycles. The highest BCUT2D eigenvalue weighted by Crippen LogP contribution is 2.45.